The highest BCUT2D eigenvalue weighted by Gasteiger charge is 2.04. The quantitative estimate of drug-likeness (QED) is 0.0549. The molecule has 0 saturated heterocycles. The van der Waals surface area contributed by atoms with Crippen LogP contribution in [0.1, 0.15) is 296 Å². The zero-order chi connectivity index (χ0) is 39.2. The van der Waals surface area contributed by atoms with Crippen molar-refractivity contribution in [3.63, 3.8) is 0 Å². The van der Waals surface area contributed by atoms with Crippen LogP contribution in [0.2, 0.25) is 0 Å². The van der Waals surface area contributed by atoms with Gasteiger partial charge in [0.15, 0.2) is 0 Å². The van der Waals surface area contributed by atoms with E-state index >= 15 is 0 Å². The standard InChI is InChI=1S/C54H100N/c1-3-5-7-9-11-13-15-17-19-21-23-25-27-29-31-33-35-37-39-41-43-45-47-49-53-51-52-55-54(53)50-48-46-44-42-40-38-36-34-32-30-28-26-24-22-20-18-16-14-12-10-8-6-4-2/h47-52H,3-46H2,1-2H3/b49-47+,50-48+. The maximum absolute atomic E-state index is 4.61. The fraction of sp³-hybridized carbons (Fsp3) is 0.852. The minimum Gasteiger partial charge on any atom is -0.256 e. The van der Waals surface area contributed by atoms with Gasteiger partial charge in [0.05, 0.1) is 5.70 Å². The molecule has 0 fully saturated rings. The maximum atomic E-state index is 4.61. The molecule has 0 spiro atoms. The van der Waals surface area contributed by atoms with Crippen molar-refractivity contribution in [1.82, 2.24) is 5.32 Å². The zero-order valence-electron chi connectivity index (χ0n) is 38.0. The van der Waals surface area contributed by atoms with E-state index in [0.29, 0.717) is 0 Å². The third kappa shape index (κ3) is 39.4. The predicted molar refractivity (Wildman–Crippen MR) is 251 cm³/mol. The van der Waals surface area contributed by atoms with Crippen LogP contribution in [0, 0.1) is 0 Å². The molecule has 0 bridgehead atoms. The van der Waals surface area contributed by atoms with E-state index in [4.69, 9.17) is 0 Å². The van der Waals surface area contributed by atoms with Gasteiger partial charge in [-0.15, -0.1) is 0 Å². The van der Waals surface area contributed by atoms with Gasteiger partial charge >= 0.3 is 0 Å². The van der Waals surface area contributed by atoms with Gasteiger partial charge in [0.1, 0.15) is 0 Å². The molecule has 1 aliphatic heterocycles. The second-order valence-electron chi connectivity index (χ2n) is 17.8. The average Bonchev–Trinajstić information content (AvgIpc) is 3.65. The smallest absolute Gasteiger partial charge is 0.0699 e. The first-order valence-corrected chi connectivity index (χ1v) is 25.8. The zero-order valence-corrected chi connectivity index (χ0v) is 38.0. The summed E-state index contributed by atoms with van der Waals surface area (Å²) in [6.45, 7) is 4.62. The SMILES string of the molecule is CCCCCCCCCCCCCCCCCCCCCCC/C=C/C1=C(/C=C/CCCCCCCCCCCCCCCCCCCCCCC)[N]C=C1. The van der Waals surface area contributed by atoms with Crippen LogP contribution >= 0.6 is 0 Å². The first-order valence-electron chi connectivity index (χ1n) is 25.8. The Kier molecular flexibility index (Phi) is 42.8. The van der Waals surface area contributed by atoms with Crippen molar-refractivity contribution in [1.29, 1.82) is 0 Å². The van der Waals surface area contributed by atoms with Gasteiger partial charge < -0.3 is 0 Å². The molecule has 0 aromatic rings. The Hall–Kier alpha value is -1.24. The summed E-state index contributed by atoms with van der Waals surface area (Å²) in [5.41, 5.74) is 2.44. The highest BCUT2D eigenvalue weighted by atomic mass is 14.9. The van der Waals surface area contributed by atoms with Gasteiger partial charge in [-0.25, -0.2) is 0 Å². The molecule has 0 unspecified atom stereocenters. The van der Waals surface area contributed by atoms with Crippen LogP contribution in [0.3, 0.4) is 0 Å². The van der Waals surface area contributed by atoms with E-state index < -0.39 is 0 Å². The lowest BCUT2D eigenvalue weighted by molar-refractivity contribution is 0.520. The third-order valence-electron chi connectivity index (χ3n) is 12.3. The van der Waals surface area contributed by atoms with E-state index in [1.54, 1.807) is 0 Å². The van der Waals surface area contributed by atoms with E-state index in [-0.39, 0.29) is 0 Å². The Labute approximate surface area is 348 Å². The van der Waals surface area contributed by atoms with E-state index in [1.165, 1.54) is 288 Å². The molecule has 1 nitrogen and oxygen atoms in total. The maximum Gasteiger partial charge on any atom is 0.0699 e. The first kappa shape index (κ1) is 51.8. The molecular weight excluding hydrogens is 663 g/mol. The first-order chi connectivity index (χ1) is 27.4. The monoisotopic (exact) mass is 763 g/mol. The minimum atomic E-state index is 1.15. The summed E-state index contributed by atoms with van der Waals surface area (Å²) in [6.07, 6.45) is 76.7. The molecule has 1 aliphatic rings. The van der Waals surface area contributed by atoms with Crippen LogP contribution in [0.25, 0.3) is 0 Å². The van der Waals surface area contributed by atoms with Crippen LogP contribution in [0.5, 0.6) is 0 Å². The summed E-state index contributed by atoms with van der Waals surface area (Å²) >= 11 is 0. The second-order valence-corrected chi connectivity index (χ2v) is 17.8. The lowest BCUT2D eigenvalue weighted by atomic mass is 10.0. The number of hydrogen-bond acceptors (Lipinski definition) is 0. The topological polar surface area (TPSA) is 14.1 Å². The summed E-state index contributed by atoms with van der Waals surface area (Å²) in [6, 6.07) is 0. The normalized spacial score (nSPS) is 13.1. The molecule has 1 radical (unpaired) electrons. The van der Waals surface area contributed by atoms with Gasteiger partial charge in [0.2, 0.25) is 0 Å². The van der Waals surface area contributed by atoms with Crippen LogP contribution in [0.4, 0.5) is 0 Å². The van der Waals surface area contributed by atoms with Gasteiger partial charge in [0, 0.05) is 11.8 Å². The third-order valence-corrected chi connectivity index (χ3v) is 12.3. The van der Waals surface area contributed by atoms with Gasteiger partial charge in [-0.3, -0.25) is 5.32 Å². The van der Waals surface area contributed by atoms with Crippen LogP contribution < -0.4 is 5.32 Å². The molecule has 0 saturated carbocycles. The Morgan fingerprint density at radius 1 is 0.309 bits per heavy atom. The highest BCUT2D eigenvalue weighted by molar-refractivity contribution is 5.44. The molecule has 0 amide bonds. The van der Waals surface area contributed by atoms with Crippen molar-refractivity contribution in [2.75, 3.05) is 0 Å². The fourth-order valence-corrected chi connectivity index (χ4v) is 8.43. The van der Waals surface area contributed by atoms with Crippen LogP contribution in [-0.2, 0) is 0 Å². The van der Waals surface area contributed by atoms with Crippen molar-refractivity contribution < 1.29 is 0 Å². The second kappa shape index (κ2) is 45.5. The molecule has 0 aliphatic carbocycles. The lowest BCUT2D eigenvalue weighted by Crippen LogP contribution is -1.89. The van der Waals surface area contributed by atoms with Gasteiger partial charge in [-0.2, -0.15) is 0 Å². The number of hydrogen-bond donors (Lipinski definition) is 0. The average molecular weight is 763 g/mol. The Morgan fingerprint density at radius 2 is 0.545 bits per heavy atom. The number of unbranched alkanes of at least 4 members (excludes halogenated alkanes) is 42. The molecule has 0 N–H and O–H groups in total. The van der Waals surface area contributed by atoms with Gasteiger partial charge in [0.25, 0.3) is 0 Å². The molecule has 1 rings (SSSR count). The molecular formula is C54H100N. The van der Waals surface area contributed by atoms with Crippen molar-refractivity contribution in [3.05, 3.63) is 47.9 Å². The Morgan fingerprint density at radius 3 is 0.818 bits per heavy atom. The molecule has 0 atom stereocenters. The van der Waals surface area contributed by atoms with Gasteiger partial charge in [-0.1, -0.05) is 289 Å². The van der Waals surface area contributed by atoms with Crippen molar-refractivity contribution >= 4 is 0 Å². The van der Waals surface area contributed by atoms with Crippen LogP contribution in [0.15, 0.2) is 47.9 Å². The van der Waals surface area contributed by atoms with Crippen molar-refractivity contribution in [2.45, 2.75) is 296 Å². The fourth-order valence-electron chi connectivity index (χ4n) is 8.43. The Bertz CT molecular complexity index is 860. The summed E-state index contributed by atoms with van der Waals surface area (Å²) in [7, 11) is 0. The predicted octanol–water partition coefficient (Wildman–Crippen LogP) is 19.7. The molecule has 0 aromatic carbocycles. The highest BCUT2D eigenvalue weighted by Crippen LogP contribution is 2.19. The molecule has 0 aromatic heterocycles. The van der Waals surface area contributed by atoms with E-state index in [0.717, 1.165) is 5.70 Å². The summed E-state index contributed by atoms with van der Waals surface area (Å²) in [4.78, 5) is 0. The molecule has 321 valence electrons. The van der Waals surface area contributed by atoms with E-state index in [9.17, 15) is 0 Å². The molecule has 1 heteroatoms. The van der Waals surface area contributed by atoms with E-state index in [2.05, 4.69) is 49.5 Å². The largest absolute Gasteiger partial charge is 0.256 e. The van der Waals surface area contributed by atoms with Crippen molar-refractivity contribution in [2.24, 2.45) is 0 Å². The summed E-state index contributed by atoms with van der Waals surface area (Å²) in [5.74, 6) is 0. The summed E-state index contributed by atoms with van der Waals surface area (Å²) < 4.78 is 0. The number of rotatable bonds is 46. The molecule has 1 heterocycles. The van der Waals surface area contributed by atoms with Crippen LogP contribution in [-0.4, -0.2) is 0 Å². The van der Waals surface area contributed by atoms with E-state index in [1.807, 2.05) is 6.20 Å². The number of allylic oxidation sites excluding steroid dienone is 6. The summed E-state index contributed by atoms with van der Waals surface area (Å²) in [5, 5.41) is 4.61. The Balaban J connectivity index is 1.82. The lowest BCUT2D eigenvalue weighted by Gasteiger charge is -2.04. The minimum absolute atomic E-state index is 1.15. The number of nitrogens with zero attached hydrogens (tertiary/aromatic N) is 1. The van der Waals surface area contributed by atoms with Crippen molar-refractivity contribution in [3.8, 4) is 0 Å². The van der Waals surface area contributed by atoms with Gasteiger partial charge in [-0.05, 0) is 37.8 Å². The molecule has 55 heavy (non-hydrogen) atoms.